The SMILES string of the molecule is CC(C)=CCC/C(C)=C/C=C/C(C)=C/c1ccccc1C(=O)O. The van der Waals surface area contributed by atoms with Crippen LogP contribution in [0.5, 0.6) is 0 Å². The van der Waals surface area contributed by atoms with E-state index >= 15 is 0 Å². The van der Waals surface area contributed by atoms with Gasteiger partial charge in [0.15, 0.2) is 0 Å². The van der Waals surface area contributed by atoms with Crippen molar-refractivity contribution in [2.45, 2.75) is 40.5 Å². The smallest absolute Gasteiger partial charge is 0.336 e. The standard InChI is InChI=1S/C21H26O2/c1-16(2)9-7-10-17(3)11-8-12-18(4)15-19-13-5-6-14-20(19)21(22)23/h5-6,8-9,11-15H,7,10H2,1-4H3,(H,22,23)/b12-8+,17-11+,18-15+. The number of allylic oxidation sites excluding steroid dienone is 7. The zero-order chi connectivity index (χ0) is 17.2. The largest absolute Gasteiger partial charge is 0.478 e. The minimum atomic E-state index is -0.899. The van der Waals surface area contributed by atoms with Crippen LogP contribution in [0.25, 0.3) is 6.08 Å². The van der Waals surface area contributed by atoms with Crippen LogP contribution in [-0.2, 0) is 0 Å². The molecule has 0 radical (unpaired) electrons. The number of rotatable bonds is 7. The molecule has 0 saturated carbocycles. The Bertz CT molecular complexity index is 654. The van der Waals surface area contributed by atoms with Crippen molar-refractivity contribution in [1.29, 1.82) is 0 Å². The van der Waals surface area contributed by atoms with E-state index in [0.717, 1.165) is 24.0 Å². The molecule has 2 heteroatoms. The molecule has 0 amide bonds. The van der Waals surface area contributed by atoms with Crippen LogP contribution in [0, 0.1) is 0 Å². The van der Waals surface area contributed by atoms with Crippen molar-refractivity contribution in [3.8, 4) is 0 Å². The van der Waals surface area contributed by atoms with E-state index in [2.05, 4.69) is 32.9 Å². The fraction of sp³-hybridized carbons (Fsp3) is 0.286. The van der Waals surface area contributed by atoms with Gasteiger partial charge in [-0.25, -0.2) is 4.79 Å². The van der Waals surface area contributed by atoms with E-state index < -0.39 is 5.97 Å². The third-order valence-corrected chi connectivity index (χ3v) is 3.41. The molecule has 1 aromatic rings. The summed E-state index contributed by atoms with van der Waals surface area (Å²) in [5.74, 6) is -0.899. The van der Waals surface area contributed by atoms with E-state index in [4.69, 9.17) is 0 Å². The molecule has 0 spiro atoms. The highest BCUT2D eigenvalue weighted by Crippen LogP contribution is 2.14. The number of carbonyl (C=O) groups is 1. The summed E-state index contributed by atoms with van der Waals surface area (Å²) in [6, 6.07) is 7.03. The molecule has 1 N–H and O–H groups in total. The van der Waals surface area contributed by atoms with Crippen molar-refractivity contribution in [2.75, 3.05) is 0 Å². The van der Waals surface area contributed by atoms with E-state index in [1.807, 2.05) is 37.3 Å². The second-order valence-corrected chi connectivity index (χ2v) is 5.97. The average molecular weight is 310 g/mol. The third kappa shape index (κ3) is 7.46. The van der Waals surface area contributed by atoms with Gasteiger partial charge in [0.05, 0.1) is 5.56 Å². The molecule has 0 aliphatic carbocycles. The summed E-state index contributed by atoms with van der Waals surface area (Å²) in [5, 5.41) is 9.19. The molecule has 0 aliphatic heterocycles. The molecule has 122 valence electrons. The lowest BCUT2D eigenvalue weighted by atomic mass is 10.0. The lowest BCUT2D eigenvalue weighted by molar-refractivity contribution is 0.0696. The van der Waals surface area contributed by atoms with Crippen LogP contribution in [0.1, 0.15) is 56.5 Å². The Hall–Kier alpha value is -2.35. The molecular weight excluding hydrogens is 284 g/mol. The van der Waals surface area contributed by atoms with Gasteiger partial charge in [0.2, 0.25) is 0 Å². The predicted octanol–water partition coefficient (Wildman–Crippen LogP) is 6.04. The second-order valence-electron chi connectivity index (χ2n) is 5.97. The van der Waals surface area contributed by atoms with E-state index in [0.29, 0.717) is 5.56 Å². The highest BCUT2D eigenvalue weighted by molar-refractivity contribution is 5.92. The van der Waals surface area contributed by atoms with Crippen molar-refractivity contribution < 1.29 is 9.90 Å². The molecule has 0 heterocycles. The number of hydrogen-bond donors (Lipinski definition) is 1. The highest BCUT2D eigenvalue weighted by atomic mass is 16.4. The van der Waals surface area contributed by atoms with Crippen molar-refractivity contribution in [3.63, 3.8) is 0 Å². The number of benzene rings is 1. The second kappa shape index (κ2) is 9.62. The minimum absolute atomic E-state index is 0.327. The first-order valence-electron chi connectivity index (χ1n) is 7.88. The van der Waals surface area contributed by atoms with Gasteiger partial charge in [0.1, 0.15) is 0 Å². The summed E-state index contributed by atoms with van der Waals surface area (Å²) in [7, 11) is 0. The zero-order valence-electron chi connectivity index (χ0n) is 14.5. The Morgan fingerprint density at radius 2 is 1.83 bits per heavy atom. The summed E-state index contributed by atoms with van der Waals surface area (Å²) < 4.78 is 0. The van der Waals surface area contributed by atoms with Crippen LogP contribution in [0.15, 0.2) is 65.3 Å². The van der Waals surface area contributed by atoms with Crippen molar-refractivity contribution in [2.24, 2.45) is 0 Å². The van der Waals surface area contributed by atoms with Gasteiger partial charge in [-0.2, -0.15) is 0 Å². The highest BCUT2D eigenvalue weighted by Gasteiger charge is 2.06. The molecule has 1 aromatic carbocycles. The minimum Gasteiger partial charge on any atom is -0.478 e. The Morgan fingerprint density at radius 3 is 2.48 bits per heavy atom. The lowest BCUT2D eigenvalue weighted by Gasteiger charge is -2.01. The van der Waals surface area contributed by atoms with E-state index in [1.165, 1.54) is 11.1 Å². The van der Waals surface area contributed by atoms with Crippen LogP contribution in [-0.4, -0.2) is 11.1 Å². The molecule has 0 saturated heterocycles. The summed E-state index contributed by atoms with van der Waals surface area (Å²) in [6.07, 6.45) is 12.4. The molecule has 1 rings (SSSR count). The van der Waals surface area contributed by atoms with Gasteiger partial charge in [-0.15, -0.1) is 0 Å². The monoisotopic (exact) mass is 310 g/mol. The summed E-state index contributed by atoms with van der Waals surface area (Å²) >= 11 is 0. The summed E-state index contributed by atoms with van der Waals surface area (Å²) in [6.45, 7) is 8.33. The van der Waals surface area contributed by atoms with E-state index in [1.54, 1.807) is 12.1 Å². The first-order valence-corrected chi connectivity index (χ1v) is 7.88. The van der Waals surface area contributed by atoms with Gasteiger partial charge >= 0.3 is 5.97 Å². The Kier molecular flexibility index (Phi) is 7.82. The van der Waals surface area contributed by atoms with Gasteiger partial charge < -0.3 is 5.11 Å². The van der Waals surface area contributed by atoms with Crippen molar-refractivity contribution in [3.05, 3.63) is 76.4 Å². The van der Waals surface area contributed by atoms with Crippen LogP contribution in [0.3, 0.4) is 0 Å². The Morgan fingerprint density at radius 1 is 1.13 bits per heavy atom. The number of hydrogen-bond acceptors (Lipinski definition) is 1. The van der Waals surface area contributed by atoms with E-state index in [9.17, 15) is 9.90 Å². The summed E-state index contributed by atoms with van der Waals surface area (Å²) in [4.78, 5) is 11.2. The van der Waals surface area contributed by atoms with Crippen LogP contribution in [0.4, 0.5) is 0 Å². The fourth-order valence-corrected chi connectivity index (χ4v) is 2.15. The quantitative estimate of drug-likeness (QED) is 0.492. The molecular formula is C21H26O2. The molecule has 0 atom stereocenters. The van der Waals surface area contributed by atoms with Crippen molar-refractivity contribution in [1.82, 2.24) is 0 Å². The van der Waals surface area contributed by atoms with Gasteiger partial charge in [-0.05, 0) is 52.2 Å². The molecule has 2 nitrogen and oxygen atoms in total. The molecule has 0 aromatic heterocycles. The number of aromatic carboxylic acids is 1. The molecule has 23 heavy (non-hydrogen) atoms. The van der Waals surface area contributed by atoms with Crippen LogP contribution >= 0.6 is 0 Å². The van der Waals surface area contributed by atoms with Gasteiger partial charge in [0.25, 0.3) is 0 Å². The Labute approximate surface area is 139 Å². The maximum atomic E-state index is 11.2. The number of carboxylic acid groups (broad SMARTS) is 1. The van der Waals surface area contributed by atoms with Gasteiger partial charge in [0, 0.05) is 0 Å². The number of carboxylic acids is 1. The fourth-order valence-electron chi connectivity index (χ4n) is 2.15. The van der Waals surface area contributed by atoms with Gasteiger partial charge in [-0.1, -0.05) is 65.3 Å². The third-order valence-electron chi connectivity index (χ3n) is 3.41. The summed E-state index contributed by atoms with van der Waals surface area (Å²) in [5.41, 5.74) is 4.76. The van der Waals surface area contributed by atoms with Crippen LogP contribution < -0.4 is 0 Å². The maximum absolute atomic E-state index is 11.2. The molecule has 0 aliphatic rings. The zero-order valence-corrected chi connectivity index (χ0v) is 14.5. The van der Waals surface area contributed by atoms with E-state index in [-0.39, 0.29) is 0 Å². The Balaban J connectivity index is 2.73. The molecule has 0 unspecified atom stereocenters. The predicted molar refractivity (Wildman–Crippen MR) is 98.6 cm³/mol. The average Bonchev–Trinajstić information content (AvgIpc) is 2.47. The molecule has 0 fully saturated rings. The van der Waals surface area contributed by atoms with Crippen LogP contribution in [0.2, 0.25) is 0 Å². The topological polar surface area (TPSA) is 37.3 Å². The maximum Gasteiger partial charge on any atom is 0.336 e. The first-order chi connectivity index (χ1) is 10.9. The normalized spacial score (nSPS) is 12.5. The first kappa shape index (κ1) is 18.7. The van der Waals surface area contributed by atoms with Crippen molar-refractivity contribution >= 4 is 12.0 Å². The van der Waals surface area contributed by atoms with Gasteiger partial charge in [-0.3, -0.25) is 0 Å². The molecule has 0 bridgehead atoms. The lowest BCUT2D eigenvalue weighted by Crippen LogP contribution is -1.98.